The van der Waals surface area contributed by atoms with Gasteiger partial charge in [0, 0.05) is 5.69 Å². The first-order chi connectivity index (χ1) is 10.1. The van der Waals surface area contributed by atoms with Crippen LogP contribution >= 0.6 is 0 Å². The number of primary sulfonamides is 1. The van der Waals surface area contributed by atoms with Gasteiger partial charge in [0.2, 0.25) is 10.0 Å². The molecule has 2 rings (SSSR count). The van der Waals surface area contributed by atoms with Gasteiger partial charge in [0.05, 0.1) is 4.90 Å². The Morgan fingerprint density at radius 1 is 0.864 bits per heavy atom. The fourth-order valence-corrected chi connectivity index (χ4v) is 3.37. The Balaban J connectivity index is 2.38. The molecule has 0 atom stereocenters. The lowest BCUT2D eigenvalue weighted by atomic mass is 10.3. The number of benzene rings is 2. The Morgan fingerprint density at radius 2 is 1.36 bits per heavy atom. The van der Waals surface area contributed by atoms with Crippen molar-refractivity contribution in [2.45, 2.75) is 9.79 Å². The minimum Gasteiger partial charge on any atom is -0.279 e. The van der Waals surface area contributed by atoms with Gasteiger partial charge < -0.3 is 0 Å². The van der Waals surface area contributed by atoms with Crippen LogP contribution in [0.25, 0.3) is 0 Å². The second-order valence-corrected chi connectivity index (χ2v) is 7.41. The van der Waals surface area contributed by atoms with E-state index in [1.807, 2.05) is 4.72 Å². The molecule has 2 aromatic carbocycles. The molecule has 0 aliphatic carbocycles. The van der Waals surface area contributed by atoms with E-state index >= 15 is 0 Å². The summed E-state index contributed by atoms with van der Waals surface area (Å²) in [7, 11) is -8.43. The van der Waals surface area contributed by atoms with Crippen LogP contribution in [-0.2, 0) is 20.0 Å². The number of nitrogens with one attached hydrogen (secondary N) is 1. The zero-order valence-corrected chi connectivity index (χ0v) is 12.5. The highest BCUT2D eigenvalue weighted by Crippen LogP contribution is 2.22. The topological polar surface area (TPSA) is 106 Å². The summed E-state index contributed by atoms with van der Waals surface area (Å²) < 4.78 is 75.1. The minimum absolute atomic E-state index is 0.0740. The lowest BCUT2D eigenvalue weighted by Gasteiger charge is -2.10. The van der Waals surface area contributed by atoms with Crippen molar-refractivity contribution in [3.05, 3.63) is 54.1 Å². The Labute approximate surface area is 125 Å². The van der Waals surface area contributed by atoms with E-state index < -0.39 is 36.6 Å². The smallest absolute Gasteiger partial charge is 0.267 e. The average Bonchev–Trinajstić information content (AvgIpc) is 2.37. The molecule has 0 aliphatic heterocycles. The van der Waals surface area contributed by atoms with Gasteiger partial charge in [-0.1, -0.05) is 6.07 Å². The van der Waals surface area contributed by atoms with Gasteiger partial charge in [0.25, 0.3) is 10.0 Å². The molecule has 0 fully saturated rings. The lowest BCUT2D eigenvalue weighted by Crippen LogP contribution is -2.17. The minimum atomic E-state index is -4.50. The molecule has 0 heterocycles. The van der Waals surface area contributed by atoms with Crippen molar-refractivity contribution >= 4 is 25.7 Å². The van der Waals surface area contributed by atoms with Crippen molar-refractivity contribution in [1.82, 2.24) is 0 Å². The van der Waals surface area contributed by atoms with Gasteiger partial charge in [-0.2, -0.15) is 0 Å². The zero-order valence-electron chi connectivity index (χ0n) is 10.8. The molecule has 2 aromatic rings. The molecule has 22 heavy (non-hydrogen) atoms. The highest BCUT2D eigenvalue weighted by molar-refractivity contribution is 7.92. The average molecular weight is 348 g/mol. The van der Waals surface area contributed by atoms with Crippen molar-refractivity contribution < 1.29 is 25.6 Å². The molecule has 0 amide bonds. The zero-order chi connectivity index (χ0) is 16.5. The fraction of sp³-hybridized carbons (Fsp3) is 0. The Kier molecular flexibility index (Phi) is 4.18. The van der Waals surface area contributed by atoms with Crippen LogP contribution in [-0.4, -0.2) is 16.8 Å². The maximum atomic E-state index is 13.5. The van der Waals surface area contributed by atoms with Crippen LogP contribution in [0.1, 0.15) is 0 Å². The van der Waals surface area contributed by atoms with Crippen LogP contribution in [0.2, 0.25) is 0 Å². The number of halogens is 2. The van der Waals surface area contributed by atoms with Gasteiger partial charge in [-0.15, -0.1) is 0 Å². The van der Waals surface area contributed by atoms with Crippen molar-refractivity contribution in [3.8, 4) is 0 Å². The van der Waals surface area contributed by atoms with Crippen LogP contribution < -0.4 is 9.86 Å². The van der Waals surface area contributed by atoms with Gasteiger partial charge in [0.1, 0.15) is 11.6 Å². The predicted molar refractivity (Wildman–Crippen MR) is 75.0 cm³/mol. The quantitative estimate of drug-likeness (QED) is 0.871. The van der Waals surface area contributed by atoms with E-state index in [1.165, 1.54) is 0 Å². The first-order valence-corrected chi connectivity index (χ1v) is 8.74. The number of rotatable bonds is 4. The summed E-state index contributed by atoms with van der Waals surface area (Å²) in [6.45, 7) is 0. The van der Waals surface area contributed by atoms with Gasteiger partial charge >= 0.3 is 0 Å². The summed E-state index contributed by atoms with van der Waals surface area (Å²) >= 11 is 0. The van der Waals surface area contributed by atoms with E-state index in [0.29, 0.717) is 0 Å². The van der Waals surface area contributed by atoms with Gasteiger partial charge in [-0.3, -0.25) is 4.72 Å². The number of hydrogen-bond acceptors (Lipinski definition) is 4. The molecule has 0 aliphatic rings. The van der Waals surface area contributed by atoms with Gasteiger partial charge in [0.15, 0.2) is 4.90 Å². The summed E-state index contributed by atoms with van der Waals surface area (Å²) in [6.07, 6.45) is 0. The van der Waals surface area contributed by atoms with Crippen molar-refractivity contribution in [3.63, 3.8) is 0 Å². The third-order valence-corrected chi connectivity index (χ3v) is 4.98. The Bertz CT molecular complexity index is 890. The predicted octanol–water partition coefficient (Wildman–Crippen LogP) is 1.41. The highest BCUT2D eigenvalue weighted by atomic mass is 32.2. The van der Waals surface area contributed by atoms with Crippen molar-refractivity contribution in [1.29, 1.82) is 0 Å². The van der Waals surface area contributed by atoms with Crippen LogP contribution in [0.15, 0.2) is 52.3 Å². The second kappa shape index (κ2) is 5.63. The maximum absolute atomic E-state index is 13.5. The third kappa shape index (κ3) is 3.40. The molecular formula is C12H10F2N2O4S2. The van der Waals surface area contributed by atoms with E-state index in [0.717, 1.165) is 42.5 Å². The normalized spacial score (nSPS) is 12.1. The highest BCUT2D eigenvalue weighted by Gasteiger charge is 2.23. The molecule has 6 nitrogen and oxygen atoms in total. The Hall–Kier alpha value is -2.04. The molecule has 118 valence electrons. The van der Waals surface area contributed by atoms with Crippen molar-refractivity contribution in [2.75, 3.05) is 4.72 Å². The van der Waals surface area contributed by atoms with E-state index in [1.54, 1.807) is 0 Å². The molecule has 0 saturated heterocycles. The van der Waals surface area contributed by atoms with Gasteiger partial charge in [-0.05, 0) is 36.4 Å². The molecule has 0 aromatic heterocycles. The molecule has 0 unspecified atom stereocenters. The number of hydrogen-bond donors (Lipinski definition) is 2. The molecule has 10 heteroatoms. The van der Waals surface area contributed by atoms with E-state index in [9.17, 15) is 25.6 Å². The molecule has 0 spiro atoms. The fourth-order valence-electron chi connectivity index (χ4n) is 1.66. The SMILES string of the molecule is NS(=O)(=O)c1ccc(NS(=O)(=O)c2c(F)cccc2F)cc1. The van der Waals surface area contributed by atoms with Crippen LogP contribution in [0.5, 0.6) is 0 Å². The van der Waals surface area contributed by atoms with Crippen LogP contribution in [0.4, 0.5) is 14.5 Å². The molecule has 0 bridgehead atoms. The first-order valence-electron chi connectivity index (χ1n) is 5.71. The van der Waals surface area contributed by atoms with E-state index in [2.05, 4.69) is 0 Å². The summed E-state index contributed by atoms with van der Waals surface area (Å²) in [5.74, 6) is -2.48. The van der Waals surface area contributed by atoms with E-state index in [-0.39, 0.29) is 10.6 Å². The molecular weight excluding hydrogens is 338 g/mol. The van der Waals surface area contributed by atoms with Crippen LogP contribution in [0, 0.1) is 11.6 Å². The number of anilines is 1. The van der Waals surface area contributed by atoms with E-state index in [4.69, 9.17) is 5.14 Å². The third-order valence-electron chi connectivity index (χ3n) is 2.62. The number of nitrogens with two attached hydrogens (primary N) is 1. The second-order valence-electron chi connectivity index (χ2n) is 4.23. The Morgan fingerprint density at radius 3 is 1.82 bits per heavy atom. The van der Waals surface area contributed by atoms with Gasteiger partial charge in [-0.25, -0.2) is 30.8 Å². The largest absolute Gasteiger partial charge is 0.279 e. The van der Waals surface area contributed by atoms with Crippen LogP contribution in [0.3, 0.4) is 0 Å². The maximum Gasteiger partial charge on any atom is 0.267 e. The number of sulfonamides is 2. The summed E-state index contributed by atoms with van der Waals surface area (Å²) in [4.78, 5) is -1.35. The summed E-state index contributed by atoms with van der Waals surface area (Å²) in [5, 5.41) is 4.90. The lowest BCUT2D eigenvalue weighted by molar-refractivity contribution is 0.521. The monoisotopic (exact) mass is 348 g/mol. The first kappa shape index (κ1) is 16.3. The molecule has 0 radical (unpaired) electrons. The summed E-state index contributed by atoms with van der Waals surface area (Å²) in [5.41, 5.74) is -0.0740. The molecule has 0 saturated carbocycles. The standard InChI is InChI=1S/C12H10F2N2O4S2/c13-10-2-1-3-11(14)12(10)22(19,20)16-8-4-6-9(7-5-8)21(15,17)18/h1-7,16H,(H2,15,17,18). The summed E-state index contributed by atoms with van der Waals surface area (Å²) in [6, 6.07) is 6.98. The molecule has 3 N–H and O–H groups in total. The van der Waals surface area contributed by atoms with Crippen molar-refractivity contribution in [2.24, 2.45) is 5.14 Å².